The molecule has 0 saturated heterocycles. The van der Waals surface area contributed by atoms with Gasteiger partial charge in [0.25, 0.3) is 0 Å². The topological polar surface area (TPSA) is 79.5 Å². The normalized spacial score (nSPS) is 17.2. The molecule has 2 aromatic rings. The summed E-state index contributed by atoms with van der Waals surface area (Å²) in [6.45, 7) is 1.51. The van der Waals surface area contributed by atoms with Crippen LogP contribution in [0.2, 0.25) is 0 Å². The molecule has 130 valence electrons. The van der Waals surface area contributed by atoms with Crippen LogP contribution >= 0.6 is 0 Å². The lowest BCUT2D eigenvalue weighted by Crippen LogP contribution is -2.42. The van der Waals surface area contributed by atoms with Crippen LogP contribution < -0.4 is 4.72 Å². The number of fused-ring (bicyclic) bond motifs is 1. The van der Waals surface area contributed by atoms with Gasteiger partial charge in [-0.15, -0.1) is 0 Å². The Kier molecular flexibility index (Phi) is 4.80. The Bertz CT molecular complexity index is 794. The molecule has 0 amide bonds. The molecule has 1 atom stereocenters. The lowest BCUT2D eigenvalue weighted by molar-refractivity contribution is 0.0603. The van der Waals surface area contributed by atoms with E-state index in [1.54, 1.807) is 31.2 Å². The number of aryl methyl sites for hydroxylation is 2. The molecule has 1 aromatic carbocycles. The van der Waals surface area contributed by atoms with E-state index in [0.29, 0.717) is 5.76 Å². The van der Waals surface area contributed by atoms with Gasteiger partial charge in [0.1, 0.15) is 5.76 Å². The highest BCUT2D eigenvalue weighted by atomic mass is 32.2. The maximum Gasteiger partial charge on any atom is 0.240 e. The van der Waals surface area contributed by atoms with E-state index in [9.17, 15) is 13.5 Å². The fraction of sp³-hybridized carbons (Fsp3) is 0.444. The molecule has 5 nitrogen and oxygen atoms in total. The van der Waals surface area contributed by atoms with Crippen molar-refractivity contribution >= 4 is 10.0 Å². The molecule has 0 fully saturated rings. The van der Waals surface area contributed by atoms with Crippen molar-refractivity contribution in [3.8, 4) is 0 Å². The quantitative estimate of drug-likeness (QED) is 0.839. The van der Waals surface area contributed by atoms with Gasteiger partial charge in [0, 0.05) is 13.0 Å². The summed E-state index contributed by atoms with van der Waals surface area (Å²) < 4.78 is 32.8. The molecule has 0 aliphatic heterocycles. The molecule has 0 saturated carbocycles. The van der Waals surface area contributed by atoms with Crippen LogP contribution in [0.4, 0.5) is 0 Å². The first-order valence-corrected chi connectivity index (χ1v) is 9.70. The Balaban J connectivity index is 1.69. The average Bonchev–Trinajstić information content (AvgIpc) is 3.05. The highest BCUT2D eigenvalue weighted by Crippen LogP contribution is 2.24. The maximum absolute atomic E-state index is 12.5. The van der Waals surface area contributed by atoms with Crippen molar-refractivity contribution in [3.63, 3.8) is 0 Å². The SMILES string of the molecule is C[C@@](O)(CNS(=O)(=O)c1ccc2c(c1)CCCC2)Cc1ccco1. The summed E-state index contributed by atoms with van der Waals surface area (Å²) in [6.07, 6.45) is 5.97. The number of furan rings is 1. The zero-order chi connectivity index (χ0) is 17.2. The molecular weight excluding hydrogens is 326 g/mol. The van der Waals surface area contributed by atoms with Crippen LogP contribution in [0.5, 0.6) is 0 Å². The molecular formula is C18H23NO4S. The maximum atomic E-state index is 12.5. The zero-order valence-corrected chi connectivity index (χ0v) is 14.6. The molecule has 0 unspecified atom stereocenters. The van der Waals surface area contributed by atoms with Gasteiger partial charge in [-0.05, 0) is 68.0 Å². The van der Waals surface area contributed by atoms with Gasteiger partial charge >= 0.3 is 0 Å². The van der Waals surface area contributed by atoms with Gasteiger partial charge in [-0.25, -0.2) is 13.1 Å². The molecule has 1 aliphatic carbocycles. The number of sulfonamides is 1. The second-order valence-corrected chi connectivity index (χ2v) is 8.48. The molecule has 6 heteroatoms. The first-order chi connectivity index (χ1) is 11.4. The van der Waals surface area contributed by atoms with Crippen molar-refractivity contribution in [1.82, 2.24) is 4.72 Å². The van der Waals surface area contributed by atoms with Crippen LogP contribution in [0, 0.1) is 0 Å². The molecule has 3 rings (SSSR count). The van der Waals surface area contributed by atoms with E-state index < -0.39 is 15.6 Å². The second-order valence-electron chi connectivity index (χ2n) is 6.72. The van der Waals surface area contributed by atoms with E-state index in [2.05, 4.69) is 4.72 Å². The third-order valence-corrected chi connectivity index (χ3v) is 5.81. The first kappa shape index (κ1) is 17.2. The number of hydrogen-bond acceptors (Lipinski definition) is 4. The monoisotopic (exact) mass is 349 g/mol. The summed E-state index contributed by atoms with van der Waals surface area (Å²) in [7, 11) is -3.65. The van der Waals surface area contributed by atoms with E-state index in [0.717, 1.165) is 31.2 Å². The number of aliphatic hydroxyl groups is 1. The molecule has 0 radical (unpaired) electrons. The van der Waals surface area contributed by atoms with Crippen molar-refractivity contribution in [2.45, 2.75) is 49.5 Å². The number of benzene rings is 1. The van der Waals surface area contributed by atoms with Gasteiger partial charge in [0.15, 0.2) is 0 Å². The summed E-state index contributed by atoms with van der Waals surface area (Å²) in [4.78, 5) is 0.261. The fourth-order valence-electron chi connectivity index (χ4n) is 3.06. The smallest absolute Gasteiger partial charge is 0.240 e. The summed E-state index contributed by atoms with van der Waals surface area (Å²) in [5.41, 5.74) is 1.13. The Hall–Kier alpha value is -1.63. The van der Waals surface area contributed by atoms with Crippen molar-refractivity contribution in [2.24, 2.45) is 0 Å². The Labute approximate surface area is 142 Å². The highest BCUT2D eigenvalue weighted by molar-refractivity contribution is 7.89. The summed E-state index contributed by atoms with van der Waals surface area (Å²) in [6, 6.07) is 8.81. The number of hydrogen-bond donors (Lipinski definition) is 2. The molecule has 1 aliphatic rings. The predicted molar refractivity (Wildman–Crippen MR) is 91.3 cm³/mol. The van der Waals surface area contributed by atoms with Crippen molar-refractivity contribution in [2.75, 3.05) is 6.54 Å². The molecule has 24 heavy (non-hydrogen) atoms. The molecule has 1 heterocycles. The van der Waals surface area contributed by atoms with E-state index in [1.165, 1.54) is 11.8 Å². The van der Waals surface area contributed by atoms with Crippen molar-refractivity contribution in [1.29, 1.82) is 0 Å². The van der Waals surface area contributed by atoms with Crippen LogP contribution in [0.1, 0.15) is 36.7 Å². The molecule has 0 bridgehead atoms. The second kappa shape index (κ2) is 6.70. The van der Waals surface area contributed by atoms with Crippen LogP contribution in [-0.2, 0) is 29.3 Å². The van der Waals surface area contributed by atoms with Gasteiger partial charge in [0.05, 0.1) is 16.8 Å². The van der Waals surface area contributed by atoms with E-state index in [4.69, 9.17) is 4.42 Å². The third kappa shape index (κ3) is 4.06. The first-order valence-electron chi connectivity index (χ1n) is 8.22. The van der Waals surface area contributed by atoms with Gasteiger partial charge in [0.2, 0.25) is 10.0 Å². The Morgan fingerprint density at radius 3 is 2.67 bits per heavy atom. The zero-order valence-electron chi connectivity index (χ0n) is 13.8. The van der Waals surface area contributed by atoms with Crippen LogP contribution in [-0.4, -0.2) is 25.7 Å². The average molecular weight is 349 g/mol. The summed E-state index contributed by atoms with van der Waals surface area (Å²) in [5, 5.41) is 10.4. The Morgan fingerprint density at radius 1 is 1.21 bits per heavy atom. The summed E-state index contributed by atoms with van der Waals surface area (Å²) >= 11 is 0. The highest BCUT2D eigenvalue weighted by Gasteiger charge is 2.26. The molecule has 0 spiro atoms. The number of rotatable bonds is 6. The predicted octanol–water partition coefficient (Wildman–Crippen LogP) is 2.43. The minimum absolute atomic E-state index is 0.0763. The van der Waals surface area contributed by atoms with Crippen molar-refractivity contribution < 1.29 is 17.9 Å². The molecule has 1 aromatic heterocycles. The third-order valence-electron chi connectivity index (χ3n) is 4.41. The van der Waals surface area contributed by atoms with Crippen LogP contribution in [0.15, 0.2) is 45.9 Å². The lowest BCUT2D eigenvalue weighted by Gasteiger charge is -2.23. The number of nitrogens with one attached hydrogen (secondary N) is 1. The Morgan fingerprint density at radius 2 is 1.96 bits per heavy atom. The standard InChI is InChI=1S/C18H23NO4S/c1-18(20,12-16-7-4-10-23-16)13-19-24(21,22)17-9-8-14-5-2-3-6-15(14)11-17/h4,7-11,19-20H,2-3,5-6,12-13H2,1H3/t18-/m0/s1. The van der Waals surface area contributed by atoms with Gasteiger partial charge in [-0.3, -0.25) is 0 Å². The van der Waals surface area contributed by atoms with E-state index in [1.807, 2.05) is 6.07 Å². The minimum Gasteiger partial charge on any atom is -0.469 e. The minimum atomic E-state index is -3.65. The van der Waals surface area contributed by atoms with Crippen LogP contribution in [0.3, 0.4) is 0 Å². The molecule has 2 N–H and O–H groups in total. The van der Waals surface area contributed by atoms with Crippen LogP contribution in [0.25, 0.3) is 0 Å². The van der Waals surface area contributed by atoms with Gasteiger partial charge in [-0.1, -0.05) is 6.07 Å². The largest absolute Gasteiger partial charge is 0.469 e. The van der Waals surface area contributed by atoms with Gasteiger partial charge in [-0.2, -0.15) is 0 Å². The van der Waals surface area contributed by atoms with E-state index >= 15 is 0 Å². The lowest BCUT2D eigenvalue weighted by atomic mass is 9.92. The summed E-state index contributed by atoms with van der Waals surface area (Å²) in [5.74, 6) is 0.618. The van der Waals surface area contributed by atoms with Crippen molar-refractivity contribution in [3.05, 3.63) is 53.5 Å². The van der Waals surface area contributed by atoms with E-state index in [-0.39, 0.29) is 17.9 Å². The van der Waals surface area contributed by atoms with Gasteiger partial charge < -0.3 is 9.52 Å². The fourth-order valence-corrected chi connectivity index (χ4v) is 4.27.